The van der Waals surface area contributed by atoms with E-state index < -0.39 is 0 Å². The molecular weight excluding hydrogens is 198 g/mol. The molecule has 2 rings (SSSR count). The first kappa shape index (κ1) is 11.5. The van der Waals surface area contributed by atoms with Gasteiger partial charge in [-0.05, 0) is 43.4 Å². The average Bonchev–Trinajstić information content (AvgIpc) is 2.76. The lowest BCUT2D eigenvalue weighted by molar-refractivity contribution is 0.282. The van der Waals surface area contributed by atoms with Gasteiger partial charge in [-0.15, -0.1) is 0 Å². The summed E-state index contributed by atoms with van der Waals surface area (Å²) < 4.78 is 0. The van der Waals surface area contributed by atoms with Gasteiger partial charge in [-0.3, -0.25) is 0 Å². The van der Waals surface area contributed by atoms with Crippen LogP contribution in [-0.2, 0) is 6.61 Å². The first-order valence-corrected chi connectivity index (χ1v) is 6.23. The highest BCUT2D eigenvalue weighted by Crippen LogP contribution is 2.30. The molecule has 1 fully saturated rings. The van der Waals surface area contributed by atoms with Gasteiger partial charge in [0, 0.05) is 18.3 Å². The van der Waals surface area contributed by atoms with Gasteiger partial charge in [0.05, 0.1) is 6.61 Å². The minimum absolute atomic E-state index is 0.137. The third kappa shape index (κ3) is 2.07. The van der Waals surface area contributed by atoms with Gasteiger partial charge in [-0.25, -0.2) is 0 Å². The van der Waals surface area contributed by atoms with Crippen LogP contribution in [0.2, 0.25) is 0 Å². The summed E-state index contributed by atoms with van der Waals surface area (Å²) in [6.45, 7) is 5.72. The highest BCUT2D eigenvalue weighted by molar-refractivity contribution is 5.55. The highest BCUT2D eigenvalue weighted by atomic mass is 16.3. The summed E-state index contributed by atoms with van der Waals surface area (Å²) >= 11 is 0. The number of hydrogen-bond acceptors (Lipinski definition) is 2. The van der Waals surface area contributed by atoms with E-state index in [1.165, 1.54) is 37.1 Å². The molecule has 2 nitrogen and oxygen atoms in total. The largest absolute Gasteiger partial charge is 0.392 e. The van der Waals surface area contributed by atoms with Crippen LogP contribution in [-0.4, -0.2) is 17.7 Å². The number of benzene rings is 1. The third-order valence-electron chi connectivity index (χ3n) is 3.60. The number of aryl methyl sites for hydroxylation is 1. The minimum atomic E-state index is 0.137. The predicted molar refractivity (Wildman–Crippen MR) is 67.8 cm³/mol. The van der Waals surface area contributed by atoms with Gasteiger partial charge >= 0.3 is 0 Å². The number of aliphatic hydroxyl groups excluding tert-OH is 1. The molecule has 88 valence electrons. The zero-order chi connectivity index (χ0) is 11.5. The van der Waals surface area contributed by atoms with E-state index in [0.717, 1.165) is 5.56 Å². The van der Waals surface area contributed by atoms with Crippen molar-refractivity contribution in [2.75, 3.05) is 11.4 Å². The summed E-state index contributed by atoms with van der Waals surface area (Å²) in [6.07, 6.45) is 3.85. The van der Waals surface area contributed by atoms with Crippen LogP contribution >= 0.6 is 0 Å². The van der Waals surface area contributed by atoms with Gasteiger partial charge in [0.25, 0.3) is 0 Å². The SMILES string of the molecule is CCC1CCCN1c1ccc(CO)cc1C. The van der Waals surface area contributed by atoms with E-state index in [4.69, 9.17) is 5.11 Å². The molecule has 0 spiro atoms. The lowest BCUT2D eigenvalue weighted by atomic mass is 10.1. The van der Waals surface area contributed by atoms with E-state index in [1.54, 1.807) is 0 Å². The second-order valence-corrected chi connectivity index (χ2v) is 4.68. The van der Waals surface area contributed by atoms with E-state index in [-0.39, 0.29) is 6.61 Å². The van der Waals surface area contributed by atoms with Crippen LogP contribution < -0.4 is 4.90 Å². The summed E-state index contributed by atoms with van der Waals surface area (Å²) in [5, 5.41) is 9.10. The van der Waals surface area contributed by atoms with Crippen molar-refractivity contribution in [2.24, 2.45) is 0 Å². The molecule has 0 aromatic heterocycles. The van der Waals surface area contributed by atoms with Gasteiger partial charge in [-0.1, -0.05) is 19.1 Å². The molecule has 0 saturated carbocycles. The Morgan fingerprint density at radius 2 is 2.25 bits per heavy atom. The topological polar surface area (TPSA) is 23.5 Å². The molecule has 1 heterocycles. The molecule has 1 saturated heterocycles. The zero-order valence-corrected chi connectivity index (χ0v) is 10.2. The smallest absolute Gasteiger partial charge is 0.0681 e. The van der Waals surface area contributed by atoms with E-state index >= 15 is 0 Å². The van der Waals surface area contributed by atoms with Crippen LogP contribution in [0, 0.1) is 6.92 Å². The normalized spacial score (nSPS) is 20.4. The Bertz CT molecular complexity index is 362. The van der Waals surface area contributed by atoms with Gasteiger partial charge in [0.15, 0.2) is 0 Å². The number of hydrogen-bond donors (Lipinski definition) is 1. The van der Waals surface area contributed by atoms with Crippen LogP contribution in [0.5, 0.6) is 0 Å². The molecule has 1 aliphatic heterocycles. The van der Waals surface area contributed by atoms with Crippen LogP contribution in [0.15, 0.2) is 18.2 Å². The lowest BCUT2D eigenvalue weighted by Crippen LogP contribution is -2.29. The van der Waals surface area contributed by atoms with E-state index in [2.05, 4.69) is 30.9 Å². The summed E-state index contributed by atoms with van der Waals surface area (Å²) in [5.41, 5.74) is 3.64. The fourth-order valence-corrected chi connectivity index (χ4v) is 2.72. The van der Waals surface area contributed by atoms with Gasteiger partial charge in [0.2, 0.25) is 0 Å². The molecule has 1 atom stereocenters. The van der Waals surface area contributed by atoms with Crippen molar-refractivity contribution >= 4 is 5.69 Å². The maximum Gasteiger partial charge on any atom is 0.0681 e. The number of anilines is 1. The Morgan fingerprint density at radius 1 is 1.44 bits per heavy atom. The standard InChI is InChI=1S/C14H21NO/c1-3-13-5-4-8-15(13)14-7-6-12(10-16)9-11(14)2/h6-7,9,13,16H,3-5,8,10H2,1-2H3. The Kier molecular flexibility index (Phi) is 3.49. The molecule has 1 aliphatic rings. The molecule has 0 aliphatic carbocycles. The zero-order valence-electron chi connectivity index (χ0n) is 10.2. The molecular formula is C14H21NO. The molecule has 0 bridgehead atoms. The van der Waals surface area contributed by atoms with Crippen LogP contribution in [0.1, 0.15) is 37.3 Å². The van der Waals surface area contributed by atoms with E-state index in [1.807, 2.05) is 6.07 Å². The molecule has 1 aromatic carbocycles. The second-order valence-electron chi connectivity index (χ2n) is 4.68. The monoisotopic (exact) mass is 219 g/mol. The van der Waals surface area contributed by atoms with Crippen LogP contribution in [0.25, 0.3) is 0 Å². The first-order valence-electron chi connectivity index (χ1n) is 6.23. The van der Waals surface area contributed by atoms with Crippen molar-refractivity contribution in [2.45, 2.75) is 45.8 Å². The van der Waals surface area contributed by atoms with Crippen molar-refractivity contribution in [3.63, 3.8) is 0 Å². The molecule has 0 amide bonds. The van der Waals surface area contributed by atoms with Gasteiger partial charge < -0.3 is 10.0 Å². The molecule has 1 N–H and O–H groups in total. The fraction of sp³-hybridized carbons (Fsp3) is 0.571. The number of rotatable bonds is 3. The summed E-state index contributed by atoms with van der Waals surface area (Å²) in [4.78, 5) is 2.52. The van der Waals surface area contributed by atoms with Crippen LogP contribution in [0.3, 0.4) is 0 Å². The summed E-state index contributed by atoms with van der Waals surface area (Å²) in [5.74, 6) is 0. The maximum atomic E-state index is 9.10. The lowest BCUT2D eigenvalue weighted by Gasteiger charge is -2.27. The van der Waals surface area contributed by atoms with Gasteiger partial charge in [0.1, 0.15) is 0 Å². The minimum Gasteiger partial charge on any atom is -0.392 e. The predicted octanol–water partition coefficient (Wildman–Crippen LogP) is 2.87. The fourth-order valence-electron chi connectivity index (χ4n) is 2.72. The molecule has 1 aromatic rings. The van der Waals surface area contributed by atoms with Crippen molar-refractivity contribution < 1.29 is 5.11 Å². The number of aliphatic hydroxyl groups is 1. The molecule has 16 heavy (non-hydrogen) atoms. The van der Waals surface area contributed by atoms with Crippen molar-refractivity contribution in [1.29, 1.82) is 0 Å². The second kappa shape index (κ2) is 4.88. The highest BCUT2D eigenvalue weighted by Gasteiger charge is 2.23. The third-order valence-corrected chi connectivity index (χ3v) is 3.60. The Labute approximate surface area is 97.9 Å². The van der Waals surface area contributed by atoms with Crippen molar-refractivity contribution in [1.82, 2.24) is 0 Å². The number of nitrogens with zero attached hydrogens (tertiary/aromatic N) is 1. The Balaban J connectivity index is 2.26. The molecule has 1 unspecified atom stereocenters. The molecule has 0 radical (unpaired) electrons. The first-order chi connectivity index (χ1) is 7.76. The van der Waals surface area contributed by atoms with E-state index in [0.29, 0.717) is 6.04 Å². The maximum absolute atomic E-state index is 9.10. The molecule has 2 heteroatoms. The Morgan fingerprint density at radius 3 is 2.88 bits per heavy atom. The van der Waals surface area contributed by atoms with Crippen molar-refractivity contribution in [3.05, 3.63) is 29.3 Å². The van der Waals surface area contributed by atoms with E-state index in [9.17, 15) is 0 Å². The van der Waals surface area contributed by atoms with Crippen molar-refractivity contribution in [3.8, 4) is 0 Å². The quantitative estimate of drug-likeness (QED) is 0.845. The summed E-state index contributed by atoms with van der Waals surface area (Å²) in [7, 11) is 0. The summed E-state index contributed by atoms with van der Waals surface area (Å²) in [6, 6.07) is 7.00. The van der Waals surface area contributed by atoms with Crippen LogP contribution in [0.4, 0.5) is 5.69 Å². The Hall–Kier alpha value is -1.02. The van der Waals surface area contributed by atoms with Gasteiger partial charge in [-0.2, -0.15) is 0 Å². The average molecular weight is 219 g/mol.